The monoisotopic (exact) mass is 646 g/mol. The van der Waals surface area contributed by atoms with Gasteiger partial charge in [0.15, 0.2) is 0 Å². The van der Waals surface area contributed by atoms with Crippen LogP contribution in [-0.4, -0.2) is 104 Å². The van der Waals surface area contributed by atoms with E-state index in [2.05, 4.69) is 0 Å². The number of hydrogen-bond donors (Lipinski definition) is 12. The molecule has 0 aromatic rings. The molecule has 14 N–H and O–H groups in total. The predicted octanol–water partition coefficient (Wildman–Crippen LogP) is -4.93. The zero-order chi connectivity index (χ0) is 21.5. The Morgan fingerprint density at radius 1 is 0.276 bits per heavy atom. The van der Waals surface area contributed by atoms with E-state index in [1.54, 1.807) is 0 Å². The standard InChI is InChI=1S/6C2H6O2.H2O.4Zn/c6*1-2(3)4;;;;;/h6*2-4H,1H3;1H2;;;;. The van der Waals surface area contributed by atoms with Gasteiger partial charge in [0, 0.05) is 77.9 Å². The van der Waals surface area contributed by atoms with Crippen LogP contribution in [0.1, 0.15) is 41.5 Å². The molecule has 0 aromatic carbocycles. The maximum Gasteiger partial charge on any atom is 0.148 e. The first-order valence-corrected chi connectivity index (χ1v) is 6.56. The van der Waals surface area contributed by atoms with Crippen molar-refractivity contribution in [3.63, 3.8) is 0 Å². The van der Waals surface area contributed by atoms with Crippen LogP contribution in [0.3, 0.4) is 0 Å². The Kier molecular flexibility index (Phi) is 152. The van der Waals surface area contributed by atoms with Crippen LogP contribution in [0.4, 0.5) is 0 Å². The molecule has 0 fully saturated rings. The molecule has 0 bridgehead atoms. The normalized spacial score (nSPS) is 7.45. The molecule has 0 spiro atoms. The minimum Gasteiger partial charge on any atom is -0.412 e. The van der Waals surface area contributed by atoms with Crippen molar-refractivity contribution < 1.29 is 145 Å². The Balaban J connectivity index is -0.0000000144. The van der Waals surface area contributed by atoms with Crippen LogP contribution in [0.25, 0.3) is 0 Å². The molecule has 0 heterocycles. The van der Waals surface area contributed by atoms with Crippen LogP contribution in [-0.2, 0) is 77.9 Å². The van der Waals surface area contributed by atoms with Gasteiger partial charge in [-0.2, -0.15) is 0 Å². The summed E-state index contributed by atoms with van der Waals surface area (Å²) in [4.78, 5) is 0. The zero-order valence-electron chi connectivity index (χ0n) is 18.2. The molecule has 0 aromatic heterocycles. The number of aliphatic hydroxyl groups excluding tert-OH is 6. The summed E-state index contributed by atoms with van der Waals surface area (Å²) >= 11 is 0. The van der Waals surface area contributed by atoms with Crippen molar-refractivity contribution in [1.82, 2.24) is 0 Å². The predicted molar refractivity (Wildman–Crippen MR) is 87.0 cm³/mol. The molecule has 172 valence electrons. The molecule has 0 atom stereocenters. The third kappa shape index (κ3) is 6020. The molecule has 0 aliphatic carbocycles. The van der Waals surface area contributed by atoms with Gasteiger partial charge in [0.05, 0.1) is 0 Å². The van der Waals surface area contributed by atoms with Gasteiger partial charge in [0.2, 0.25) is 0 Å². The molecule has 17 heteroatoms. The van der Waals surface area contributed by atoms with Gasteiger partial charge >= 0.3 is 0 Å². The first-order valence-electron chi connectivity index (χ1n) is 6.56. The van der Waals surface area contributed by atoms with E-state index in [0.29, 0.717) is 0 Å². The Bertz CT molecular complexity index is 117. The Morgan fingerprint density at radius 2 is 0.276 bits per heavy atom. The number of rotatable bonds is 0. The van der Waals surface area contributed by atoms with Crippen LogP contribution in [0.2, 0.25) is 0 Å². The van der Waals surface area contributed by atoms with Crippen molar-refractivity contribution in [2.75, 3.05) is 0 Å². The smallest absolute Gasteiger partial charge is 0.148 e. The van der Waals surface area contributed by atoms with Gasteiger partial charge in [-0.1, -0.05) is 0 Å². The molecule has 0 unspecified atom stereocenters. The Hall–Kier alpha value is 1.97. The van der Waals surface area contributed by atoms with E-state index < -0.39 is 37.7 Å². The van der Waals surface area contributed by atoms with Crippen molar-refractivity contribution in [2.45, 2.75) is 79.3 Å². The molecule has 13 nitrogen and oxygen atoms in total. The van der Waals surface area contributed by atoms with Crippen LogP contribution in [0.15, 0.2) is 0 Å². The number of hydrogen-bond acceptors (Lipinski definition) is 12. The number of aliphatic hydroxyl groups is 12. The summed E-state index contributed by atoms with van der Waals surface area (Å²) in [6, 6.07) is 0. The Morgan fingerprint density at radius 3 is 0.276 bits per heavy atom. The van der Waals surface area contributed by atoms with E-state index in [1.165, 1.54) is 41.5 Å². The van der Waals surface area contributed by atoms with Gasteiger partial charge in [-0.3, -0.25) is 0 Å². The summed E-state index contributed by atoms with van der Waals surface area (Å²) in [6.45, 7) is 7.67. The summed E-state index contributed by atoms with van der Waals surface area (Å²) in [6.07, 6.45) is -7.00. The molecular formula is C12H38O13Zn4. The van der Waals surface area contributed by atoms with E-state index in [4.69, 9.17) is 61.3 Å². The largest absolute Gasteiger partial charge is 0.412 e. The second-order valence-corrected chi connectivity index (χ2v) is 3.79. The molecule has 0 amide bonds. The first-order chi connectivity index (χ1) is 10.4. The average Bonchev–Trinajstić information content (AvgIpc) is 2.08. The molecule has 29 heavy (non-hydrogen) atoms. The maximum atomic E-state index is 7.61. The summed E-state index contributed by atoms with van der Waals surface area (Å²) in [5.41, 5.74) is 0. The topological polar surface area (TPSA) is 274 Å². The van der Waals surface area contributed by atoms with Crippen LogP contribution in [0, 0.1) is 0 Å². The zero-order valence-corrected chi connectivity index (χ0v) is 30.0. The Labute approximate surface area is 222 Å². The fourth-order valence-corrected chi connectivity index (χ4v) is 0. The fraction of sp³-hybridized carbons (Fsp3) is 1.00. The second-order valence-electron chi connectivity index (χ2n) is 3.79. The molecule has 0 saturated heterocycles. The van der Waals surface area contributed by atoms with Crippen LogP contribution >= 0.6 is 0 Å². The van der Waals surface area contributed by atoms with Gasteiger partial charge in [0.25, 0.3) is 0 Å². The van der Waals surface area contributed by atoms with Crippen molar-refractivity contribution in [3.05, 3.63) is 0 Å². The quantitative estimate of drug-likeness (QED) is 0.0867. The van der Waals surface area contributed by atoms with Crippen molar-refractivity contribution in [2.24, 2.45) is 0 Å². The van der Waals surface area contributed by atoms with Gasteiger partial charge < -0.3 is 66.8 Å². The van der Waals surface area contributed by atoms with E-state index >= 15 is 0 Å². The third-order valence-electron chi connectivity index (χ3n) is 0. The summed E-state index contributed by atoms with van der Waals surface area (Å²) < 4.78 is 0. The van der Waals surface area contributed by atoms with Gasteiger partial charge in [-0.15, -0.1) is 0 Å². The van der Waals surface area contributed by atoms with Crippen LogP contribution in [0.5, 0.6) is 0 Å². The van der Waals surface area contributed by atoms with Gasteiger partial charge in [-0.05, 0) is 41.5 Å². The first kappa shape index (κ1) is 69.8. The van der Waals surface area contributed by atoms with Crippen molar-refractivity contribution in [1.29, 1.82) is 0 Å². The van der Waals surface area contributed by atoms with Crippen molar-refractivity contribution >= 4 is 0 Å². The van der Waals surface area contributed by atoms with E-state index in [9.17, 15) is 0 Å². The molecule has 0 saturated carbocycles. The molecule has 0 radical (unpaired) electrons. The molecule has 0 aliphatic rings. The summed E-state index contributed by atoms with van der Waals surface area (Å²) in [5, 5.41) is 91.3. The fourth-order valence-electron chi connectivity index (χ4n) is 0. The van der Waals surface area contributed by atoms with Gasteiger partial charge in [-0.25, -0.2) is 0 Å². The van der Waals surface area contributed by atoms with Crippen LogP contribution < -0.4 is 0 Å². The van der Waals surface area contributed by atoms with E-state index in [0.717, 1.165) is 0 Å². The summed E-state index contributed by atoms with van der Waals surface area (Å²) in [7, 11) is 0. The minimum absolute atomic E-state index is 0. The summed E-state index contributed by atoms with van der Waals surface area (Å²) in [5.74, 6) is 0. The van der Waals surface area contributed by atoms with E-state index in [-0.39, 0.29) is 83.4 Å². The molecule has 0 rings (SSSR count). The minimum atomic E-state index is -1.17. The van der Waals surface area contributed by atoms with Crippen molar-refractivity contribution in [3.8, 4) is 0 Å². The molecular weight excluding hydrogens is 614 g/mol. The maximum absolute atomic E-state index is 7.61. The van der Waals surface area contributed by atoms with E-state index in [1.807, 2.05) is 0 Å². The van der Waals surface area contributed by atoms with Gasteiger partial charge in [0.1, 0.15) is 37.7 Å². The SMILES string of the molecule is CC(O)O.CC(O)O.CC(O)O.CC(O)O.CC(O)O.CC(O)O.O.[Zn].[Zn].[Zn].[Zn]. The second kappa shape index (κ2) is 63.1. The average molecular weight is 652 g/mol. The molecule has 0 aliphatic heterocycles. The third-order valence-corrected chi connectivity index (χ3v) is 0.